The van der Waals surface area contributed by atoms with Crippen LogP contribution in [0.2, 0.25) is 0 Å². The first-order valence-corrected chi connectivity index (χ1v) is 17.3. The normalized spacial score (nSPS) is 48.3. The van der Waals surface area contributed by atoms with Crippen molar-refractivity contribution in [1.29, 1.82) is 0 Å². The van der Waals surface area contributed by atoms with Crippen LogP contribution in [-0.4, -0.2) is 95.0 Å². The van der Waals surface area contributed by atoms with Gasteiger partial charge in [-0.15, -0.1) is 0 Å². The molecule has 3 heterocycles. The first-order valence-electron chi connectivity index (χ1n) is 17.3. The largest absolute Gasteiger partial charge is 0.472 e. The molecule has 0 aromatic carbocycles. The van der Waals surface area contributed by atoms with Crippen LogP contribution in [-0.2, 0) is 52.4 Å². The number of ketones is 1. The number of hydrogen-bond donors (Lipinski definition) is 2. The van der Waals surface area contributed by atoms with E-state index in [1.54, 1.807) is 40.0 Å². The summed E-state index contributed by atoms with van der Waals surface area (Å²) in [5.41, 5.74) is -6.25. The molecule has 4 saturated carbocycles. The van der Waals surface area contributed by atoms with Crippen molar-refractivity contribution in [3.63, 3.8) is 0 Å². The van der Waals surface area contributed by atoms with Gasteiger partial charge >= 0.3 is 23.9 Å². The molecule has 6 aliphatic rings. The zero-order chi connectivity index (χ0) is 36.5. The molecule has 1 spiro atoms. The van der Waals surface area contributed by atoms with Crippen molar-refractivity contribution in [2.24, 2.45) is 39.4 Å². The van der Waals surface area contributed by atoms with Gasteiger partial charge in [0.2, 0.25) is 6.29 Å². The highest BCUT2D eigenvalue weighted by Crippen LogP contribution is 2.83. The fourth-order valence-electron chi connectivity index (χ4n) is 11.7. The van der Waals surface area contributed by atoms with Crippen molar-refractivity contribution in [1.82, 2.24) is 0 Å². The summed E-state index contributed by atoms with van der Waals surface area (Å²) in [6.45, 7) is 11.7. The third-order valence-corrected chi connectivity index (χ3v) is 13.6. The molecule has 2 saturated heterocycles. The molecule has 14 nitrogen and oxygen atoms in total. The van der Waals surface area contributed by atoms with Gasteiger partial charge in [-0.3, -0.25) is 24.0 Å². The van der Waals surface area contributed by atoms with Crippen LogP contribution in [0, 0.1) is 39.4 Å². The third-order valence-electron chi connectivity index (χ3n) is 13.6. The number of aliphatic hydroxyl groups is 2. The van der Waals surface area contributed by atoms with Crippen LogP contribution in [0.4, 0.5) is 0 Å². The van der Waals surface area contributed by atoms with Crippen molar-refractivity contribution >= 4 is 29.7 Å². The molecule has 0 amide bonds. The minimum absolute atomic E-state index is 0.0556. The van der Waals surface area contributed by atoms with Crippen LogP contribution in [0.15, 0.2) is 23.0 Å². The number of epoxide rings is 1. The summed E-state index contributed by atoms with van der Waals surface area (Å²) in [5.74, 6) is -6.60. The maximum absolute atomic E-state index is 15.6. The van der Waals surface area contributed by atoms with E-state index in [4.69, 9.17) is 32.8 Å². The Morgan fingerprint density at radius 1 is 0.920 bits per heavy atom. The second-order valence-electron chi connectivity index (χ2n) is 16.1. The molecule has 50 heavy (non-hydrogen) atoms. The molecule has 4 aliphatic carbocycles. The molecular formula is C36H46O14. The Labute approximate surface area is 289 Å². The van der Waals surface area contributed by atoms with E-state index >= 15 is 4.79 Å². The summed E-state index contributed by atoms with van der Waals surface area (Å²) in [7, 11) is 0. The highest BCUT2D eigenvalue weighted by atomic mass is 16.7. The lowest BCUT2D eigenvalue weighted by molar-refractivity contribution is -0.391. The van der Waals surface area contributed by atoms with Gasteiger partial charge in [-0.25, -0.2) is 0 Å². The minimum Gasteiger partial charge on any atom is -0.472 e. The second kappa shape index (κ2) is 11.1. The highest BCUT2D eigenvalue weighted by Gasteiger charge is 2.93. The summed E-state index contributed by atoms with van der Waals surface area (Å²) in [4.78, 5) is 67.1. The molecular weight excluding hydrogens is 656 g/mol. The molecule has 2 N–H and O–H groups in total. The fourth-order valence-corrected chi connectivity index (χ4v) is 11.7. The lowest BCUT2D eigenvalue weighted by Crippen LogP contribution is -2.84. The van der Waals surface area contributed by atoms with Gasteiger partial charge < -0.3 is 43.1 Å². The summed E-state index contributed by atoms with van der Waals surface area (Å²) in [5, 5.41) is 24.8. The van der Waals surface area contributed by atoms with E-state index < -0.39 is 118 Å². The molecule has 274 valence electrons. The lowest BCUT2D eigenvalue weighted by atomic mass is 9.33. The Morgan fingerprint density at radius 2 is 1.58 bits per heavy atom. The number of Topliss-reactive ketones (excluding diaryl/α,β-unsaturated/α-hetero) is 1. The summed E-state index contributed by atoms with van der Waals surface area (Å²) < 4.78 is 42.1. The number of esters is 4. The Hall–Kier alpha value is -3.33. The summed E-state index contributed by atoms with van der Waals surface area (Å²) >= 11 is 0. The van der Waals surface area contributed by atoms with Gasteiger partial charge in [0.1, 0.15) is 17.8 Å². The molecule has 2 bridgehead atoms. The molecule has 1 aromatic heterocycles. The zero-order valence-corrected chi connectivity index (χ0v) is 29.5. The third kappa shape index (κ3) is 4.07. The molecule has 15 atom stereocenters. The maximum Gasteiger partial charge on any atom is 0.310 e. The number of carbonyl (C=O) groups excluding carboxylic acids is 5. The first-order chi connectivity index (χ1) is 23.3. The van der Waals surface area contributed by atoms with E-state index in [1.807, 2.05) is 6.92 Å². The molecule has 6 fully saturated rings. The van der Waals surface area contributed by atoms with Crippen molar-refractivity contribution in [2.45, 2.75) is 123 Å². The molecule has 2 aliphatic heterocycles. The van der Waals surface area contributed by atoms with E-state index in [9.17, 15) is 29.4 Å². The molecule has 7 rings (SSSR count). The average molecular weight is 703 g/mol. The smallest absolute Gasteiger partial charge is 0.310 e. The van der Waals surface area contributed by atoms with Crippen molar-refractivity contribution in [3.8, 4) is 0 Å². The Balaban J connectivity index is 1.48. The quantitative estimate of drug-likeness (QED) is 0.249. The van der Waals surface area contributed by atoms with Crippen molar-refractivity contribution < 1.29 is 67.0 Å². The van der Waals surface area contributed by atoms with Gasteiger partial charge in [0.15, 0.2) is 18.0 Å². The van der Waals surface area contributed by atoms with E-state index in [0.717, 1.165) is 19.4 Å². The van der Waals surface area contributed by atoms with Crippen LogP contribution >= 0.6 is 0 Å². The number of furan rings is 1. The Kier molecular flexibility index (Phi) is 7.78. The van der Waals surface area contributed by atoms with Crippen LogP contribution in [0.5, 0.6) is 0 Å². The Bertz CT molecular complexity index is 1620. The van der Waals surface area contributed by atoms with Gasteiger partial charge in [-0.2, -0.15) is 0 Å². The molecule has 14 heteroatoms. The molecule has 1 aromatic rings. The zero-order valence-electron chi connectivity index (χ0n) is 29.5. The number of carbonyl (C=O) groups is 5. The monoisotopic (exact) mass is 702 g/mol. The standard InChI is InChI=1S/C36H46O14/c1-15(2)30(43)49-31-32(6)21-12-22(40)34(8)26(35(21,14-45-31)29(48-18(5)39)25(27(32)42)46-16(3)37)24(41)28(47-17(4)38)33(7)20(19-9-10-44-13-19)11-23-36(33,34)50-23/h9-10,13,15,20-23,25-29,31,40,42H,11-12,14H2,1-8H3/t20-,21-,22+,23+,25-,26-,27+,28-,29-,31?,32+,33+,34+,35-,36+/m0/s1. The second-order valence-corrected chi connectivity index (χ2v) is 16.1. The van der Waals surface area contributed by atoms with Crippen LogP contribution in [0.25, 0.3) is 0 Å². The van der Waals surface area contributed by atoms with E-state index in [2.05, 4.69) is 0 Å². The summed E-state index contributed by atoms with van der Waals surface area (Å²) in [6.07, 6.45) is -5.67. The predicted octanol–water partition coefficient (Wildman–Crippen LogP) is 2.21. The topological polar surface area (TPSA) is 198 Å². The SMILES string of the molecule is CC(=O)O[C@H]1[C@@H](O)[C@]2(C)C(OC(=O)C(C)C)OC[C@]3([C@H]4C(=O)[C@H](OC(C)=O)[C@@]5(C)[C@H](c6ccoc6)C[C@H]6O[C@]65[C@]4(C)[C@H](O)C[C@@H]23)[C@H]1OC(C)=O. The van der Waals surface area contributed by atoms with E-state index in [0.29, 0.717) is 6.42 Å². The molecule has 0 radical (unpaired) electrons. The van der Waals surface area contributed by atoms with Crippen LogP contribution in [0.3, 0.4) is 0 Å². The first kappa shape index (κ1) is 35.1. The number of aliphatic hydroxyl groups excluding tert-OH is 2. The molecule has 1 unspecified atom stereocenters. The lowest BCUT2D eigenvalue weighted by Gasteiger charge is -2.73. The van der Waals surface area contributed by atoms with Crippen molar-refractivity contribution in [3.05, 3.63) is 24.2 Å². The predicted molar refractivity (Wildman–Crippen MR) is 166 cm³/mol. The van der Waals surface area contributed by atoms with Gasteiger partial charge in [0, 0.05) is 43.4 Å². The van der Waals surface area contributed by atoms with Crippen LogP contribution < -0.4 is 0 Å². The van der Waals surface area contributed by atoms with Gasteiger partial charge in [0.25, 0.3) is 0 Å². The van der Waals surface area contributed by atoms with Gasteiger partial charge in [0.05, 0.1) is 48.1 Å². The van der Waals surface area contributed by atoms with Gasteiger partial charge in [-0.05, 0) is 30.4 Å². The highest BCUT2D eigenvalue weighted by molar-refractivity contribution is 5.93. The van der Waals surface area contributed by atoms with E-state index in [-0.39, 0.29) is 18.9 Å². The summed E-state index contributed by atoms with van der Waals surface area (Å²) in [6, 6.07) is 1.80. The average Bonchev–Trinajstić information content (AvgIpc) is 3.39. The Morgan fingerprint density at radius 3 is 2.16 bits per heavy atom. The van der Waals surface area contributed by atoms with Crippen LogP contribution in [0.1, 0.15) is 79.7 Å². The number of hydrogen-bond acceptors (Lipinski definition) is 14. The fraction of sp³-hybridized carbons (Fsp3) is 0.750. The van der Waals surface area contributed by atoms with Crippen molar-refractivity contribution in [2.75, 3.05) is 6.61 Å². The minimum atomic E-state index is -1.65. The number of rotatable bonds is 6. The van der Waals surface area contributed by atoms with Gasteiger partial charge in [-0.1, -0.05) is 34.6 Å². The number of ether oxygens (including phenoxy) is 6. The maximum atomic E-state index is 15.6. The number of fused-ring (bicyclic) bond motifs is 1. The van der Waals surface area contributed by atoms with E-state index in [1.165, 1.54) is 13.2 Å².